The number of rotatable bonds is 20. The van der Waals surface area contributed by atoms with Crippen LogP contribution in [0.4, 0.5) is 0 Å². The van der Waals surface area contributed by atoms with Gasteiger partial charge in [0.2, 0.25) is 0 Å². The molecule has 0 amide bonds. The molecule has 0 unspecified atom stereocenters. The lowest BCUT2D eigenvalue weighted by Gasteiger charge is -2.25. The predicted molar refractivity (Wildman–Crippen MR) is 538 cm³/mol. The minimum absolute atomic E-state index is 0.119. The quantitative estimate of drug-likeness (QED) is 0.0473. The number of fused-ring (bicyclic) bond motifs is 5. The lowest BCUT2D eigenvalue weighted by Crippen LogP contribution is -2.23. The molecule has 6 aromatic carbocycles. The van der Waals surface area contributed by atoms with Gasteiger partial charge >= 0.3 is 24.4 Å². The van der Waals surface area contributed by atoms with Crippen LogP contribution in [0.2, 0.25) is 0 Å². The number of likely N-dealkylation sites (tertiary alicyclic amines) is 5. The Kier molecular flexibility index (Phi) is 27.6. The maximum Gasteiger partial charge on any atom is 0.322 e. The summed E-state index contributed by atoms with van der Waals surface area (Å²) >= 11 is 7.37. The third-order valence-electron chi connectivity index (χ3n) is 26.2. The number of nitrogens with one attached hydrogen (secondary N) is 5. The summed E-state index contributed by atoms with van der Waals surface area (Å²) in [5.74, 6) is 1.92. The predicted octanol–water partition coefficient (Wildman–Crippen LogP) is 18.3. The second kappa shape index (κ2) is 41.8. The zero-order valence-corrected chi connectivity index (χ0v) is 79.6. The van der Waals surface area contributed by atoms with E-state index in [0.29, 0.717) is 30.2 Å². The standard InChI is InChI=1S/2C21H19N5OS.2C20H20N4O2S.C20H18N4OS2/c2*27-21-25-24-20(28-21)16-7-5-14(6-8-16)13-26-12-2-4-18(26)17-10-9-15-3-1-11-22-19(15)23-17;2*25-20-23-22-19(27-20)14-5-3-13(4-6-14)12-24-8-1-2-17(24)15-10-18-16(21-11-15)7-9-26-18;25-20-23-22-19(27-20)14-5-3-13(4-6-14)11-24-9-1-2-17(24)15-7-8-18-16(10-15)21-12-26-18/h2*1,3,5-11,18H,2,4,12-13H2,(H,25,27);2*3-6,10-11,17H,1-2,7-9,12H2,(H,23,25);3-8,10,12,17H,1-2,9,11H2,(H,23,25)/t2*18-;3*17-/m10101/s1. The first-order valence-corrected chi connectivity index (χ1v) is 51.2. The van der Waals surface area contributed by atoms with E-state index in [1.54, 1.807) is 23.7 Å². The average molecular weight is 1930 g/mol. The summed E-state index contributed by atoms with van der Waals surface area (Å²) in [6.07, 6.45) is 21.2. The van der Waals surface area contributed by atoms with Gasteiger partial charge < -0.3 is 9.47 Å². The first-order chi connectivity index (χ1) is 67.3. The van der Waals surface area contributed by atoms with Crippen molar-refractivity contribution in [2.24, 2.45) is 0 Å². The maximum atomic E-state index is 11.3. The summed E-state index contributed by atoms with van der Waals surface area (Å²) in [6, 6.07) is 71.1. The van der Waals surface area contributed by atoms with Gasteiger partial charge in [-0.25, -0.2) is 50.4 Å². The van der Waals surface area contributed by atoms with E-state index in [1.807, 2.05) is 103 Å². The van der Waals surface area contributed by atoms with Crippen molar-refractivity contribution in [2.75, 3.05) is 45.9 Å². The molecule has 35 heteroatoms. The molecule has 7 aliphatic heterocycles. The number of aromatic amines is 5. The SMILES string of the molecule is O=c1[nH]nc(-c2ccc(CN3CCC[C@@H]3c3ccc4cccnc4n3)cc2)s1.O=c1[nH]nc(-c2ccc(CN3CCC[C@@H]3c3ccc4scnc4c3)cc2)s1.O=c1[nH]nc(-c2ccc(CN3CCC[C@@H]3c3cnc4c(c3)OCC4)cc2)s1.O=c1[nH]nc(-c2ccc(CN3CCC[C@H]3c3ccc4cccnc4n3)cc2)s1.O=c1[nH]nc(-c2ccc(CN3CCC[C@H]3c3cnc4c(c3)OCC4)cc2)s1. The topological polar surface area (TPSA) is 354 Å². The van der Waals surface area contributed by atoms with E-state index in [2.05, 4.69) is 216 Å². The number of hydrogen-bond donors (Lipinski definition) is 5. The van der Waals surface area contributed by atoms with Crippen LogP contribution in [0.3, 0.4) is 0 Å². The Labute approximate surface area is 810 Å². The van der Waals surface area contributed by atoms with Gasteiger partial charge in [-0.05, 0) is 214 Å². The molecule has 5 saturated heterocycles. The van der Waals surface area contributed by atoms with Crippen LogP contribution in [0, 0.1) is 0 Å². The van der Waals surface area contributed by atoms with Crippen LogP contribution in [0.25, 0.3) is 85.1 Å². The number of thiazole rings is 1. The molecule has 5 N–H and O–H groups in total. The van der Waals surface area contributed by atoms with E-state index in [9.17, 15) is 24.0 Å². The van der Waals surface area contributed by atoms with Crippen molar-refractivity contribution < 1.29 is 9.47 Å². The molecule has 137 heavy (non-hydrogen) atoms. The van der Waals surface area contributed by atoms with Gasteiger partial charge in [0.05, 0.1) is 63.8 Å². The Morgan fingerprint density at radius 3 is 0.978 bits per heavy atom. The van der Waals surface area contributed by atoms with E-state index in [0.717, 1.165) is 289 Å². The summed E-state index contributed by atoms with van der Waals surface area (Å²) in [5.41, 5.74) is 24.0. The first kappa shape index (κ1) is 90.3. The van der Waals surface area contributed by atoms with Crippen molar-refractivity contribution in [1.82, 2.24) is 110 Å². The second-order valence-electron chi connectivity index (χ2n) is 35.0. The van der Waals surface area contributed by atoms with Crippen LogP contribution in [-0.2, 0) is 45.6 Å². The third kappa shape index (κ3) is 21.5. The minimum atomic E-state index is -0.128. The van der Waals surface area contributed by atoms with Crippen LogP contribution >= 0.6 is 68.0 Å². The summed E-state index contributed by atoms with van der Waals surface area (Å²) in [4.78, 5) is 100. The Hall–Kier alpha value is -13.2. The Balaban J connectivity index is 0.000000102. The molecule has 7 aliphatic rings. The number of pyridine rings is 6. The van der Waals surface area contributed by atoms with Gasteiger partial charge in [-0.2, -0.15) is 25.5 Å². The highest BCUT2D eigenvalue weighted by Crippen LogP contribution is 2.42. The fraction of sp³-hybridized carbons (Fsp3) is 0.284. The van der Waals surface area contributed by atoms with Crippen molar-refractivity contribution in [3.8, 4) is 64.4 Å². The highest BCUT2D eigenvalue weighted by Gasteiger charge is 2.34. The molecule has 29 nitrogen and oxygen atoms in total. The lowest BCUT2D eigenvalue weighted by atomic mass is 10.0. The van der Waals surface area contributed by atoms with Crippen LogP contribution in [0.5, 0.6) is 11.5 Å². The van der Waals surface area contributed by atoms with E-state index in [1.165, 1.54) is 87.7 Å². The zero-order chi connectivity index (χ0) is 92.5. The van der Waals surface area contributed by atoms with Gasteiger partial charge in [0, 0.05) is 127 Å². The van der Waals surface area contributed by atoms with Crippen LogP contribution in [-0.4, -0.2) is 156 Å². The van der Waals surface area contributed by atoms with Crippen LogP contribution in [0.1, 0.15) is 162 Å². The molecule has 0 spiro atoms. The maximum absolute atomic E-state index is 11.3. The van der Waals surface area contributed by atoms with Crippen molar-refractivity contribution in [1.29, 1.82) is 0 Å². The average Bonchev–Trinajstić information content (AvgIpc) is 1.70. The molecule has 12 aromatic heterocycles. The van der Waals surface area contributed by atoms with Gasteiger partial charge in [0.15, 0.2) is 11.3 Å². The molecular weight excluding hydrogens is 1840 g/mol. The largest absolute Gasteiger partial charge is 0.491 e. The second-order valence-corrected chi connectivity index (χ2v) is 40.7. The molecular formula is C102H96N22O7S6. The zero-order valence-electron chi connectivity index (χ0n) is 74.7. The third-order valence-corrected chi connectivity index (χ3v) is 31.0. The van der Waals surface area contributed by atoms with Crippen molar-refractivity contribution >= 4 is 100 Å². The van der Waals surface area contributed by atoms with E-state index < -0.39 is 0 Å². The Morgan fingerprint density at radius 2 is 0.650 bits per heavy atom. The molecule has 19 heterocycles. The van der Waals surface area contributed by atoms with Crippen LogP contribution in [0.15, 0.2) is 254 Å². The molecule has 18 aromatic rings. The molecule has 0 saturated carbocycles. The first-order valence-electron chi connectivity index (χ1n) is 46.2. The van der Waals surface area contributed by atoms with Gasteiger partial charge in [-0.3, -0.25) is 58.4 Å². The van der Waals surface area contributed by atoms with E-state index in [-0.39, 0.29) is 24.4 Å². The summed E-state index contributed by atoms with van der Waals surface area (Å²) in [6.45, 7) is 11.4. The van der Waals surface area contributed by atoms with Crippen LogP contribution < -0.4 is 33.8 Å². The van der Waals surface area contributed by atoms with Gasteiger partial charge in [0.25, 0.3) is 0 Å². The number of aromatic nitrogens is 17. The molecule has 0 bridgehead atoms. The van der Waals surface area contributed by atoms with Crippen molar-refractivity contribution in [2.45, 2.75) is 140 Å². The molecule has 0 aliphatic carbocycles. The number of H-pyrrole nitrogens is 5. The fourth-order valence-corrected chi connectivity index (χ4v) is 23.2. The highest BCUT2D eigenvalue weighted by atomic mass is 32.1. The monoisotopic (exact) mass is 1930 g/mol. The van der Waals surface area contributed by atoms with Crippen molar-refractivity contribution in [3.63, 3.8) is 0 Å². The van der Waals surface area contributed by atoms with Gasteiger partial charge in [0.1, 0.15) is 36.5 Å². The van der Waals surface area contributed by atoms with Crippen molar-refractivity contribution in [3.05, 3.63) is 346 Å². The molecule has 25 rings (SSSR count). The molecule has 0 radical (unpaired) electrons. The number of benzene rings is 6. The summed E-state index contributed by atoms with van der Waals surface area (Å²) in [7, 11) is 0. The number of ether oxygens (including phenoxy) is 2. The number of nitrogens with zero attached hydrogens (tertiary/aromatic N) is 17. The fourth-order valence-electron chi connectivity index (χ4n) is 19.5. The number of hydrogen-bond acceptors (Lipinski definition) is 30. The molecule has 692 valence electrons. The van der Waals surface area contributed by atoms with E-state index in [4.69, 9.17) is 19.4 Å². The molecule has 5 fully saturated rings. The van der Waals surface area contributed by atoms with E-state index >= 15 is 0 Å². The summed E-state index contributed by atoms with van der Waals surface area (Å²) in [5, 5.41) is 38.4. The lowest BCUT2D eigenvalue weighted by molar-refractivity contribution is 0.245. The van der Waals surface area contributed by atoms with Gasteiger partial charge in [-0.15, -0.1) is 11.3 Å². The smallest absolute Gasteiger partial charge is 0.322 e. The summed E-state index contributed by atoms with van der Waals surface area (Å²) < 4.78 is 12.6. The minimum Gasteiger partial charge on any atom is -0.491 e. The molecule has 5 atom stereocenters. The normalized spacial score (nSPS) is 18.1. The Morgan fingerprint density at radius 1 is 0.328 bits per heavy atom. The van der Waals surface area contributed by atoms with Gasteiger partial charge in [-0.1, -0.05) is 184 Å². The Bertz CT molecular complexity index is 7190. The highest BCUT2D eigenvalue weighted by molar-refractivity contribution is 7.16.